The van der Waals surface area contributed by atoms with Gasteiger partial charge < -0.3 is 9.73 Å². The summed E-state index contributed by atoms with van der Waals surface area (Å²) in [5.74, 6) is -0.944. The highest BCUT2D eigenvalue weighted by molar-refractivity contribution is 5.07. The first kappa shape index (κ1) is 16.3. The summed E-state index contributed by atoms with van der Waals surface area (Å²) in [6.07, 6.45) is 0.114. The minimum Gasteiger partial charge on any atom is -0.445 e. The second-order valence-corrected chi connectivity index (χ2v) is 6.05. The van der Waals surface area contributed by atoms with Gasteiger partial charge in [0.15, 0.2) is 5.89 Å². The first-order valence-electron chi connectivity index (χ1n) is 7.62. The molecule has 1 aliphatic carbocycles. The van der Waals surface area contributed by atoms with Gasteiger partial charge in [0.1, 0.15) is 5.76 Å². The van der Waals surface area contributed by atoms with Gasteiger partial charge >= 0.3 is 6.18 Å². The van der Waals surface area contributed by atoms with Crippen LogP contribution in [0.5, 0.6) is 0 Å². The molecule has 1 aromatic rings. The summed E-state index contributed by atoms with van der Waals surface area (Å²) >= 11 is 0. The summed E-state index contributed by atoms with van der Waals surface area (Å²) in [5, 5.41) is 3.24. The van der Waals surface area contributed by atoms with E-state index in [1.807, 2.05) is 13.8 Å². The van der Waals surface area contributed by atoms with Gasteiger partial charge in [0, 0.05) is 24.9 Å². The van der Waals surface area contributed by atoms with Crippen molar-refractivity contribution in [3.05, 3.63) is 17.8 Å². The molecule has 1 aromatic heterocycles. The number of hydrogen-bond acceptors (Lipinski definition) is 3. The second kappa shape index (κ2) is 6.81. The van der Waals surface area contributed by atoms with Crippen LogP contribution in [-0.2, 0) is 6.42 Å². The molecule has 0 saturated heterocycles. The molecule has 0 radical (unpaired) electrons. The Morgan fingerprint density at radius 3 is 2.71 bits per heavy atom. The highest BCUT2D eigenvalue weighted by atomic mass is 19.4. The van der Waals surface area contributed by atoms with Crippen LogP contribution >= 0.6 is 0 Å². The van der Waals surface area contributed by atoms with Crippen molar-refractivity contribution < 1.29 is 17.6 Å². The van der Waals surface area contributed by atoms with Crippen LogP contribution in [0, 0.1) is 5.92 Å². The van der Waals surface area contributed by atoms with E-state index in [1.54, 1.807) is 0 Å². The van der Waals surface area contributed by atoms with E-state index in [9.17, 15) is 13.2 Å². The fourth-order valence-corrected chi connectivity index (χ4v) is 2.94. The molecule has 6 heteroatoms. The zero-order valence-corrected chi connectivity index (χ0v) is 12.5. The van der Waals surface area contributed by atoms with Gasteiger partial charge in [0.25, 0.3) is 0 Å². The average Bonchev–Trinajstić information content (AvgIpc) is 2.86. The number of aromatic nitrogens is 1. The van der Waals surface area contributed by atoms with E-state index < -0.39 is 18.0 Å². The Labute approximate surface area is 123 Å². The Kier molecular flexibility index (Phi) is 5.30. The standard InChI is InChI=1S/C15H23F3N2O/c1-10(2)19-8-7-14-20-9-13(21-14)11-5-3-4-6-12(11)15(16,17)18/h9-12,19H,3-8H2,1-2H3. The average molecular weight is 304 g/mol. The molecule has 1 aliphatic rings. The molecule has 0 spiro atoms. The number of oxazole rings is 1. The third-order valence-corrected chi connectivity index (χ3v) is 4.01. The van der Waals surface area contributed by atoms with Crippen molar-refractivity contribution in [1.82, 2.24) is 10.3 Å². The summed E-state index contributed by atoms with van der Waals surface area (Å²) in [6, 6.07) is 0.368. The third-order valence-electron chi connectivity index (χ3n) is 4.01. The van der Waals surface area contributed by atoms with Gasteiger partial charge in [-0.3, -0.25) is 0 Å². The molecule has 1 fully saturated rings. The van der Waals surface area contributed by atoms with Gasteiger partial charge in [-0.2, -0.15) is 13.2 Å². The molecule has 0 aliphatic heterocycles. The number of nitrogens with zero attached hydrogens (tertiary/aromatic N) is 1. The summed E-state index contributed by atoms with van der Waals surface area (Å²) in [7, 11) is 0. The fraction of sp³-hybridized carbons (Fsp3) is 0.800. The molecule has 1 saturated carbocycles. The zero-order chi connectivity index (χ0) is 15.5. The predicted octanol–water partition coefficient (Wildman–Crippen LogP) is 4.05. The summed E-state index contributed by atoms with van der Waals surface area (Å²) in [5.41, 5.74) is 0. The molecular weight excluding hydrogens is 281 g/mol. The molecule has 2 rings (SSSR count). The topological polar surface area (TPSA) is 38.1 Å². The van der Waals surface area contributed by atoms with Crippen LogP contribution in [0.2, 0.25) is 0 Å². The van der Waals surface area contributed by atoms with E-state index in [4.69, 9.17) is 4.42 Å². The maximum absolute atomic E-state index is 13.1. The Hall–Kier alpha value is -1.04. The van der Waals surface area contributed by atoms with E-state index in [0.717, 1.165) is 6.42 Å². The van der Waals surface area contributed by atoms with Gasteiger partial charge in [0.2, 0.25) is 0 Å². The summed E-state index contributed by atoms with van der Waals surface area (Å²) in [4.78, 5) is 4.13. The lowest BCUT2D eigenvalue weighted by atomic mass is 9.77. The minimum atomic E-state index is -4.16. The number of nitrogens with one attached hydrogen (secondary N) is 1. The number of hydrogen-bond donors (Lipinski definition) is 1. The Bertz CT molecular complexity index is 442. The van der Waals surface area contributed by atoms with Gasteiger partial charge in [0.05, 0.1) is 12.1 Å². The molecule has 120 valence electrons. The van der Waals surface area contributed by atoms with Crippen molar-refractivity contribution >= 4 is 0 Å². The van der Waals surface area contributed by atoms with E-state index >= 15 is 0 Å². The highest BCUT2D eigenvalue weighted by Gasteiger charge is 2.47. The third kappa shape index (κ3) is 4.46. The number of rotatable bonds is 5. The minimum absolute atomic E-state index is 0.194. The molecule has 2 unspecified atom stereocenters. The van der Waals surface area contributed by atoms with Gasteiger partial charge in [-0.05, 0) is 12.8 Å². The lowest BCUT2D eigenvalue weighted by Crippen LogP contribution is -2.31. The Morgan fingerprint density at radius 1 is 1.33 bits per heavy atom. The van der Waals surface area contributed by atoms with E-state index in [1.165, 1.54) is 6.20 Å². The molecule has 1 N–H and O–H groups in total. The van der Waals surface area contributed by atoms with Gasteiger partial charge in [-0.15, -0.1) is 0 Å². The van der Waals surface area contributed by atoms with Crippen LogP contribution < -0.4 is 5.32 Å². The van der Waals surface area contributed by atoms with Crippen molar-refractivity contribution in [2.24, 2.45) is 5.92 Å². The van der Waals surface area contributed by atoms with Crippen molar-refractivity contribution in [3.63, 3.8) is 0 Å². The fourth-order valence-electron chi connectivity index (χ4n) is 2.94. The monoisotopic (exact) mass is 304 g/mol. The molecule has 0 amide bonds. The largest absolute Gasteiger partial charge is 0.445 e. The Balaban J connectivity index is 2.01. The van der Waals surface area contributed by atoms with Gasteiger partial charge in [-0.1, -0.05) is 26.7 Å². The molecule has 2 atom stereocenters. The molecule has 0 aromatic carbocycles. The van der Waals surface area contributed by atoms with Crippen molar-refractivity contribution in [1.29, 1.82) is 0 Å². The van der Waals surface area contributed by atoms with Crippen LogP contribution in [-0.4, -0.2) is 23.7 Å². The molecular formula is C15H23F3N2O. The lowest BCUT2D eigenvalue weighted by Gasteiger charge is -2.31. The van der Waals surface area contributed by atoms with Crippen LogP contribution in [0.1, 0.15) is 57.1 Å². The molecule has 1 heterocycles. The van der Waals surface area contributed by atoms with Crippen LogP contribution in [0.4, 0.5) is 13.2 Å². The van der Waals surface area contributed by atoms with Crippen LogP contribution in [0.15, 0.2) is 10.6 Å². The van der Waals surface area contributed by atoms with Crippen LogP contribution in [0.3, 0.4) is 0 Å². The summed E-state index contributed by atoms with van der Waals surface area (Å²) < 4.78 is 44.9. The van der Waals surface area contributed by atoms with E-state index in [-0.39, 0.29) is 6.42 Å². The highest BCUT2D eigenvalue weighted by Crippen LogP contribution is 2.46. The van der Waals surface area contributed by atoms with Crippen LogP contribution in [0.25, 0.3) is 0 Å². The number of halogens is 3. The number of alkyl halides is 3. The van der Waals surface area contributed by atoms with E-state index in [0.29, 0.717) is 43.5 Å². The normalized spacial score (nSPS) is 23.7. The maximum Gasteiger partial charge on any atom is 0.392 e. The molecule has 0 bridgehead atoms. The van der Waals surface area contributed by atoms with Crippen molar-refractivity contribution in [2.45, 2.75) is 64.1 Å². The predicted molar refractivity (Wildman–Crippen MR) is 74.1 cm³/mol. The van der Waals surface area contributed by atoms with Gasteiger partial charge in [-0.25, -0.2) is 4.98 Å². The maximum atomic E-state index is 13.1. The SMILES string of the molecule is CC(C)NCCc1ncc(C2CCCCC2C(F)(F)F)o1. The second-order valence-electron chi connectivity index (χ2n) is 6.05. The molecule has 21 heavy (non-hydrogen) atoms. The first-order valence-corrected chi connectivity index (χ1v) is 7.62. The molecule has 3 nitrogen and oxygen atoms in total. The van der Waals surface area contributed by atoms with E-state index in [2.05, 4.69) is 10.3 Å². The smallest absolute Gasteiger partial charge is 0.392 e. The first-order chi connectivity index (χ1) is 9.88. The Morgan fingerprint density at radius 2 is 2.05 bits per heavy atom. The zero-order valence-electron chi connectivity index (χ0n) is 12.5. The summed E-state index contributed by atoms with van der Waals surface area (Å²) in [6.45, 7) is 4.79. The van der Waals surface area contributed by atoms with Crippen molar-refractivity contribution in [3.8, 4) is 0 Å². The quantitative estimate of drug-likeness (QED) is 0.891. The lowest BCUT2D eigenvalue weighted by molar-refractivity contribution is -0.188. The van der Waals surface area contributed by atoms with Crippen molar-refractivity contribution in [2.75, 3.05) is 6.54 Å².